The molecule has 2 heterocycles. The van der Waals surface area contributed by atoms with Gasteiger partial charge in [-0.1, -0.05) is 18.2 Å². The molecule has 1 amide bonds. The Balaban J connectivity index is 1.70. The molecule has 0 saturated carbocycles. The topological polar surface area (TPSA) is 80.9 Å². The Hall–Kier alpha value is -2.35. The van der Waals surface area contributed by atoms with Crippen LogP contribution in [0, 0.1) is 0 Å². The number of hydrogen-bond donors (Lipinski definition) is 2. The third-order valence-corrected chi connectivity index (χ3v) is 4.63. The van der Waals surface area contributed by atoms with Gasteiger partial charge in [-0.15, -0.1) is 11.3 Å². The van der Waals surface area contributed by atoms with E-state index in [1.54, 1.807) is 19.2 Å². The van der Waals surface area contributed by atoms with Crippen molar-refractivity contribution in [2.24, 2.45) is 0 Å². The van der Waals surface area contributed by atoms with E-state index >= 15 is 0 Å². The van der Waals surface area contributed by atoms with Gasteiger partial charge in [0.15, 0.2) is 17.1 Å². The Morgan fingerprint density at radius 1 is 1.36 bits per heavy atom. The highest BCUT2D eigenvalue weighted by Gasteiger charge is 2.18. The Kier molecular flexibility index (Phi) is 5.70. The summed E-state index contributed by atoms with van der Waals surface area (Å²) in [5, 5.41) is 14.5. The van der Waals surface area contributed by atoms with Crippen LogP contribution in [0.2, 0.25) is 0 Å². The maximum atomic E-state index is 12.4. The van der Waals surface area contributed by atoms with Crippen molar-refractivity contribution in [3.8, 4) is 5.75 Å². The molecule has 1 atom stereocenters. The summed E-state index contributed by atoms with van der Waals surface area (Å²) in [4.78, 5) is 13.4. The molecule has 0 aliphatic rings. The quantitative estimate of drug-likeness (QED) is 0.645. The van der Waals surface area contributed by atoms with Crippen LogP contribution in [-0.4, -0.2) is 37.9 Å². The minimum Gasteiger partial charge on any atom is -0.493 e. The van der Waals surface area contributed by atoms with Gasteiger partial charge >= 0.3 is 0 Å². The van der Waals surface area contributed by atoms with Gasteiger partial charge in [0.05, 0.1) is 20.3 Å². The van der Waals surface area contributed by atoms with Crippen LogP contribution in [0.15, 0.2) is 46.2 Å². The van der Waals surface area contributed by atoms with Gasteiger partial charge in [0, 0.05) is 16.8 Å². The first-order chi connectivity index (χ1) is 12.2. The molecular formula is C18H19NO5S. The SMILES string of the molecule is COc1cccc2cc(C(=O)NC[C@H](OCCO)c3cccs3)oc12. The lowest BCUT2D eigenvalue weighted by atomic mass is 10.2. The summed E-state index contributed by atoms with van der Waals surface area (Å²) in [6.45, 7) is 0.424. The maximum Gasteiger partial charge on any atom is 0.287 e. The van der Waals surface area contributed by atoms with Crippen LogP contribution in [0.3, 0.4) is 0 Å². The molecule has 0 aliphatic heterocycles. The van der Waals surface area contributed by atoms with Crippen LogP contribution >= 0.6 is 11.3 Å². The Morgan fingerprint density at radius 2 is 2.24 bits per heavy atom. The molecule has 1 aromatic carbocycles. The van der Waals surface area contributed by atoms with Crippen molar-refractivity contribution < 1.29 is 23.8 Å². The fraction of sp³-hybridized carbons (Fsp3) is 0.278. The molecule has 2 aromatic heterocycles. The lowest BCUT2D eigenvalue weighted by Gasteiger charge is -2.16. The molecule has 3 rings (SSSR count). The fourth-order valence-corrected chi connectivity index (χ4v) is 3.27. The molecule has 2 N–H and O–H groups in total. The molecule has 3 aromatic rings. The lowest BCUT2D eigenvalue weighted by molar-refractivity contribution is 0.0294. The number of para-hydroxylation sites is 1. The molecule has 132 valence electrons. The zero-order valence-corrected chi connectivity index (χ0v) is 14.5. The normalized spacial score (nSPS) is 12.2. The maximum absolute atomic E-state index is 12.4. The molecule has 0 aliphatic carbocycles. The summed E-state index contributed by atoms with van der Waals surface area (Å²) < 4.78 is 16.5. The molecule has 6 nitrogen and oxygen atoms in total. The number of carbonyl (C=O) groups excluding carboxylic acids is 1. The van der Waals surface area contributed by atoms with Crippen molar-refractivity contribution in [1.82, 2.24) is 5.32 Å². The van der Waals surface area contributed by atoms with E-state index in [9.17, 15) is 4.79 Å². The standard InChI is InChI=1S/C18H19NO5S/c1-22-13-5-2-4-12-10-14(24-17(12)13)18(21)19-11-15(23-8-7-20)16-6-3-9-25-16/h2-6,9-10,15,20H,7-8,11H2,1H3,(H,19,21)/t15-/m0/s1. The van der Waals surface area contributed by atoms with Crippen molar-refractivity contribution in [2.45, 2.75) is 6.10 Å². The predicted molar refractivity (Wildman–Crippen MR) is 95.2 cm³/mol. The van der Waals surface area contributed by atoms with Crippen molar-refractivity contribution in [3.05, 3.63) is 52.4 Å². The van der Waals surface area contributed by atoms with Crippen LogP contribution < -0.4 is 10.1 Å². The molecule has 0 unspecified atom stereocenters. The predicted octanol–water partition coefficient (Wildman–Crippen LogP) is 2.98. The molecule has 0 saturated heterocycles. The summed E-state index contributed by atoms with van der Waals surface area (Å²) in [6.07, 6.45) is -0.310. The van der Waals surface area contributed by atoms with E-state index in [0.717, 1.165) is 10.3 Å². The van der Waals surface area contributed by atoms with Gasteiger partial charge in [0.2, 0.25) is 0 Å². The number of methoxy groups -OCH3 is 1. The van der Waals surface area contributed by atoms with Crippen molar-refractivity contribution >= 4 is 28.2 Å². The highest BCUT2D eigenvalue weighted by molar-refractivity contribution is 7.10. The van der Waals surface area contributed by atoms with Gasteiger partial charge in [0.25, 0.3) is 5.91 Å². The third-order valence-electron chi connectivity index (χ3n) is 3.67. The number of carbonyl (C=O) groups is 1. The number of aliphatic hydroxyl groups excluding tert-OH is 1. The second-order valence-corrected chi connectivity index (χ2v) is 6.28. The molecular weight excluding hydrogens is 342 g/mol. The minimum absolute atomic E-state index is 0.0702. The van der Waals surface area contributed by atoms with Gasteiger partial charge in [-0.3, -0.25) is 4.79 Å². The van der Waals surface area contributed by atoms with E-state index in [1.165, 1.54) is 11.3 Å². The van der Waals surface area contributed by atoms with Crippen molar-refractivity contribution in [3.63, 3.8) is 0 Å². The Bertz CT molecular complexity index is 827. The zero-order chi connectivity index (χ0) is 17.6. The number of rotatable bonds is 8. The third kappa shape index (κ3) is 4.01. The molecule has 0 fully saturated rings. The van der Waals surface area contributed by atoms with Crippen LogP contribution in [0.25, 0.3) is 11.0 Å². The number of benzene rings is 1. The first kappa shape index (κ1) is 17.5. The van der Waals surface area contributed by atoms with Crippen LogP contribution in [0.4, 0.5) is 0 Å². The largest absolute Gasteiger partial charge is 0.493 e. The fourth-order valence-electron chi connectivity index (χ4n) is 2.49. The van der Waals surface area contributed by atoms with Crippen LogP contribution in [-0.2, 0) is 4.74 Å². The van der Waals surface area contributed by atoms with Crippen LogP contribution in [0.5, 0.6) is 5.75 Å². The second-order valence-electron chi connectivity index (χ2n) is 5.30. The Labute approximate surface area is 149 Å². The van der Waals surface area contributed by atoms with E-state index in [-0.39, 0.29) is 37.5 Å². The monoisotopic (exact) mass is 361 g/mol. The summed E-state index contributed by atoms with van der Waals surface area (Å²) in [6, 6.07) is 11.0. The minimum atomic E-state index is -0.326. The molecule has 0 radical (unpaired) electrons. The number of ether oxygens (including phenoxy) is 2. The molecule has 0 spiro atoms. The highest BCUT2D eigenvalue weighted by Crippen LogP contribution is 2.28. The lowest BCUT2D eigenvalue weighted by Crippen LogP contribution is -2.29. The van der Waals surface area contributed by atoms with Gasteiger partial charge in [-0.25, -0.2) is 0 Å². The van der Waals surface area contributed by atoms with Crippen molar-refractivity contribution in [2.75, 3.05) is 26.9 Å². The van der Waals surface area contributed by atoms with Gasteiger partial charge in [-0.05, 0) is 23.6 Å². The average Bonchev–Trinajstić information content (AvgIpc) is 3.30. The number of furan rings is 1. The van der Waals surface area contributed by atoms with Gasteiger partial charge in [0.1, 0.15) is 6.10 Å². The highest BCUT2D eigenvalue weighted by atomic mass is 32.1. The van der Waals surface area contributed by atoms with Crippen LogP contribution in [0.1, 0.15) is 21.5 Å². The summed E-state index contributed by atoms with van der Waals surface area (Å²) in [5.41, 5.74) is 0.543. The second kappa shape index (κ2) is 8.15. The van der Waals surface area contributed by atoms with Crippen molar-refractivity contribution in [1.29, 1.82) is 0 Å². The Morgan fingerprint density at radius 3 is 2.96 bits per heavy atom. The zero-order valence-electron chi connectivity index (χ0n) is 13.7. The number of amides is 1. The van der Waals surface area contributed by atoms with E-state index in [1.807, 2.05) is 29.6 Å². The number of hydrogen-bond acceptors (Lipinski definition) is 6. The molecule has 7 heteroatoms. The van der Waals surface area contributed by atoms with Gasteiger partial charge < -0.3 is 24.3 Å². The summed E-state index contributed by atoms with van der Waals surface area (Å²) >= 11 is 1.54. The summed E-state index contributed by atoms with van der Waals surface area (Å²) in [7, 11) is 1.56. The van der Waals surface area contributed by atoms with E-state index < -0.39 is 0 Å². The number of fused-ring (bicyclic) bond motifs is 1. The number of nitrogens with one attached hydrogen (secondary N) is 1. The summed E-state index contributed by atoms with van der Waals surface area (Å²) in [5.74, 6) is 0.471. The average molecular weight is 361 g/mol. The van der Waals surface area contributed by atoms with Gasteiger partial charge in [-0.2, -0.15) is 0 Å². The first-order valence-corrected chi connectivity index (χ1v) is 8.71. The smallest absolute Gasteiger partial charge is 0.287 e. The van der Waals surface area contributed by atoms with E-state index in [2.05, 4.69) is 5.32 Å². The molecule has 0 bridgehead atoms. The number of thiophene rings is 1. The van der Waals surface area contributed by atoms with E-state index in [0.29, 0.717) is 11.3 Å². The van der Waals surface area contributed by atoms with E-state index in [4.69, 9.17) is 19.0 Å². The molecule has 25 heavy (non-hydrogen) atoms. The first-order valence-electron chi connectivity index (χ1n) is 7.83. The number of aliphatic hydroxyl groups is 1.